The van der Waals surface area contributed by atoms with E-state index in [1.54, 1.807) is 6.07 Å². The monoisotopic (exact) mass is 464 g/mol. The van der Waals surface area contributed by atoms with Crippen LogP contribution in [0, 0.1) is 6.92 Å². The number of halogens is 1. The first-order chi connectivity index (χ1) is 14.5. The molecule has 1 aliphatic rings. The second-order valence-electron chi connectivity index (χ2n) is 7.45. The molecule has 4 nitrogen and oxygen atoms in total. The number of aryl methyl sites for hydroxylation is 1. The van der Waals surface area contributed by atoms with E-state index in [2.05, 4.69) is 64.6 Å². The first-order valence-electron chi connectivity index (χ1n) is 10.1. The molecule has 154 valence electrons. The van der Waals surface area contributed by atoms with E-state index in [4.69, 9.17) is 9.73 Å². The highest BCUT2D eigenvalue weighted by atomic mass is 79.9. The highest BCUT2D eigenvalue weighted by molar-refractivity contribution is 9.10. The summed E-state index contributed by atoms with van der Waals surface area (Å²) < 4.78 is 6.64. The number of phenols is 1. The first kappa shape index (κ1) is 20.6. The maximum atomic E-state index is 10.8. The van der Waals surface area contributed by atoms with Gasteiger partial charge < -0.3 is 9.84 Å². The van der Waals surface area contributed by atoms with Crippen molar-refractivity contribution in [2.75, 3.05) is 6.61 Å². The van der Waals surface area contributed by atoms with Crippen molar-refractivity contribution in [2.24, 2.45) is 4.99 Å². The minimum absolute atomic E-state index is 0.0899. The number of para-hydroxylation sites is 1. The van der Waals surface area contributed by atoms with Gasteiger partial charge >= 0.3 is 0 Å². The minimum atomic E-state index is -0.205. The Labute approximate surface area is 185 Å². The van der Waals surface area contributed by atoms with Crippen molar-refractivity contribution >= 4 is 21.6 Å². The molecule has 0 unspecified atom stereocenters. The summed E-state index contributed by atoms with van der Waals surface area (Å²) in [5.74, 6) is 0.702. The fourth-order valence-electron chi connectivity index (χ4n) is 3.74. The van der Waals surface area contributed by atoms with Crippen LogP contribution in [0.3, 0.4) is 0 Å². The van der Waals surface area contributed by atoms with Crippen LogP contribution in [0.2, 0.25) is 0 Å². The predicted molar refractivity (Wildman–Crippen MR) is 124 cm³/mol. The lowest BCUT2D eigenvalue weighted by atomic mass is 9.93. The van der Waals surface area contributed by atoms with Crippen LogP contribution in [0.25, 0.3) is 0 Å². The maximum Gasteiger partial charge on any atom is 0.162 e. The van der Waals surface area contributed by atoms with E-state index in [0.717, 1.165) is 26.9 Å². The van der Waals surface area contributed by atoms with Crippen molar-refractivity contribution in [3.05, 3.63) is 93.5 Å². The molecule has 2 atom stereocenters. The summed E-state index contributed by atoms with van der Waals surface area (Å²) in [6.07, 6.45) is 0.475. The molecule has 4 rings (SSSR count). The van der Waals surface area contributed by atoms with Crippen LogP contribution < -0.4 is 10.1 Å². The van der Waals surface area contributed by atoms with E-state index in [0.29, 0.717) is 18.8 Å². The third kappa shape index (κ3) is 4.42. The van der Waals surface area contributed by atoms with Crippen molar-refractivity contribution in [1.29, 1.82) is 0 Å². The Bertz CT molecular complexity index is 1050. The second kappa shape index (κ2) is 9.02. The Kier molecular flexibility index (Phi) is 6.21. The van der Waals surface area contributed by atoms with E-state index in [9.17, 15) is 5.11 Å². The zero-order valence-electron chi connectivity index (χ0n) is 17.1. The summed E-state index contributed by atoms with van der Waals surface area (Å²) in [7, 11) is 0. The van der Waals surface area contributed by atoms with Gasteiger partial charge in [0.05, 0.1) is 6.61 Å². The molecule has 0 aromatic heterocycles. The standard InChI is InChI=1S/C25H25BrN2O2/c1-3-30-23-6-4-5-20(24(23)29)22-15-21(17-9-7-16(2)8-10-17)27-25(28-22)18-11-13-19(26)14-12-18/h4-14,22,25,28-29H,3,15H2,1-2H3/t22-,25+/m1/s1. The van der Waals surface area contributed by atoms with Crippen LogP contribution in [0.15, 0.2) is 76.2 Å². The second-order valence-corrected chi connectivity index (χ2v) is 8.36. The largest absolute Gasteiger partial charge is 0.504 e. The van der Waals surface area contributed by atoms with E-state index in [1.807, 2.05) is 31.2 Å². The van der Waals surface area contributed by atoms with Crippen LogP contribution >= 0.6 is 15.9 Å². The van der Waals surface area contributed by atoms with Gasteiger partial charge in [0, 0.05) is 28.2 Å². The summed E-state index contributed by atoms with van der Waals surface area (Å²) in [6.45, 7) is 4.50. The minimum Gasteiger partial charge on any atom is -0.504 e. The summed E-state index contributed by atoms with van der Waals surface area (Å²) in [5, 5.41) is 14.5. The lowest BCUT2D eigenvalue weighted by Crippen LogP contribution is -2.33. The molecule has 0 fully saturated rings. The van der Waals surface area contributed by atoms with Crippen molar-refractivity contribution < 1.29 is 9.84 Å². The molecule has 0 spiro atoms. The van der Waals surface area contributed by atoms with Gasteiger partial charge in [0.2, 0.25) is 0 Å². The van der Waals surface area contributed by atoms with Crippen LogP contribution in [0.4, 0.5) is 0 Å². The average Bonchev–Trinajstić information content (AvgIpc) is 2.76. The zero-order valence-corrected chi connectivity index (χ0v) is 18.7. The van der Waals surface area contributed by atoms with Gasteiger partial charge in [0.15, 0.2) is 11.5 Å². The number of ether oxygens (including phenoxy) is 1. The van der Waals surface area contributed by atoms with E-state index in [1.165, 1.54) is 5.56 Å². The number of nitrogens with one attached hydrogen (secondary N) is 1. The number of aliphatic imine (C=N–C) groups is 1. The van der Waals surface area contributed by atoms with Gasteiger partial charge in [-0.1, -0.05) is 70.0 Å². The highest BCUT2D eigenvalue weighted by Gasteiger charge is 2.28. The molecule has 0 saturated carbocycles. The SMILES string of the molecule is CCOc1cccc([C@H]2CC(c3ccc(C)cc3)=N[C@H](c3ccc(Br)cc3)N2)c1O. The Balaban J connectivity index is 1.74. The number of rotatable bonds is 5. The quantitative estimate of drug-likeness (QED) is 0.480. The Morgan fingerprint density at radius 1 is 1.07 bits per heavy atom. The molecule has 0 radical (unpaired) electrons. The lowest BCUT2D eigenvalue weighted by Gasteiger charge is -2.31. The number of phenolic OH excluding ortho intramolecular Hbond substituents is 1. The molecule has 0 amide bonds. The maximum absolute atomic E-state index is 10.8. The van der Waals surface area contributed by atoms with Crippen molar-refractivity contribution in [3.63, 3.8) is 0 Å². The topological polar surface area (TPSA) is 53.8 Å². The molecule has 0 saturated heterocycles. The number of hydrogen-bond acceptors (Lipinski definition) is 4. The molecule has 0 aliphatic carbocycles. The Morgan fingerprint density at radius 2 is 1.80 bits per heavy atom. The normalized spacial score (nSPS) is 18.7. The van der Waals surface area contributed by atoms with Crippen molar-refractivity contribution in [3.8, 4) is 11.5 Å². The molecule has 2 N–H and O–H groups in total. The molecule has 0 bridgehead atoms. The fourth-order valence-corrected chi connectivity index (χ4v) is 4.00. The van der Waals surface area contributed by atoms with Gasteiger partial charge in [-0.25, -0.2) is 0 Å². The first-order valence-corrected chi connectivity index (χ1v) is 10.9. The van der Waals surface area contributed by atoms with Gasteiger partial charge in [-0.15, -0.1) is 0 Å². The number of benzene rings is 3. The molecule has 30 heavy (non-hydrogen) atoms. The molecule has 3 aromatic carbocycles. The van der Waals surface area contributed by atoms with Gasteiger partial charge in [0.25, 0.3) is 0 Å². The van der Waals surface area contributed by atoms with Crippen LogP contribution in [0.1, 0.15) is 47.8 Å². The highest BCUT2D eigenvalue weighted by Crippen LogP contribution is 2.39. The summed E-state index contributed by atoms with van der Waals surface area (Å²) in [5.41, 5.74) is 5.24. The molecule has 5 heteroatoms. The number of nitrogens with zero attached hydrogens (tertiary/aromatic N) is 1. The van der Waals surface area contributed by atoms with Gasteiger partial charge in [-0.3, -0.25) is 10.3 Å². The third-order valence-electron chi connectivity index (χ3n) is 5.32. The van der Waals surface area contributed by atoms with E-state index in [-0.39, 0.29) is 18.0 Å². The van der Waals surface area contributed by atoms with E-state index >= 15 is 0 Å². The molecule has 3 aromatic rings. The predicted octanol–water partition coefficient (Wildman–Crippen LogP) is 6.08. The van der Waals surface area contributed by atoms with E-state index < -0.39 is 0 Å². The Hall–Kier alpha value is -2.63. The fraction of sp³-hybridized carbons (Fsp3) is 0.240. The van der Waals surface area contributed by atoms with Gasteiger partial charge in [0.1, 0.15) is 6.17 Å². The molecular weight excluding hydrogens is 440 g/mol. The molecule has 1 aliphatic heterocycles. The number of hydrogen-bond donors (Lipinski definition) is 2. The van der Waals surface area contributed by atoms with Crippen LogP contribution in [0.5, 0.6) is 11.5 Å². The average molecular weight is 465 g/mol. The number of aromatic hydroxyl groups is 1. The molecule has 1 heterocycles. The summed E-state index contributed by atoms with van der Waals surface area (Å²) >= 11 is 3.50. The van der Waals surface area contributed by atoms with Gasteiger partial charge in [-0.05, 0) is 43.2 Å². The summed E-state index contributed by atoms with van der Waals surface area (Å²) in [6, 6.07) is 22.2. The van der Waals surface area contributed by atoms with Crippen LogP contribution in [-0.2, 0) is 0 Å². The molecular formula is C25H25BrN2O2. The Morgan fingerprint density at radius 3 is 2.50 bits per heavy atom. The summed E-state index contributed by atoms with van der Waals surface area (Å²) in [4.78, 5) is 5.02. The third-order valence-corrected chi connectivity index (χ3v) is 5.85. The van der Waals surface area contributed by atoms with Gasteiger partial charge in [-0.2, -0.15) is 0 Å². The zero-order chi connectivity index (χ0) is 21.1. The lowest BCUT2D eigenvalue weighted by molar-refractivity contribution is 0.313. The smallest absolute Gasteiger partial charge is 0.162 e. The van der Waals surface area contributed by atoms with Crippen molar-refractivity contribution in [1.82, 2.24) is 5.32 Å². The van der Waals surface area contributed by atoms with Crippen molar-refractivity contribution in [2.45, 2.75) is 32.5 Å². The van der Waals surface area contributed by atoms with Crippen LogP contribution in [-0.4, -0.2) is 17.4 Å².